The van der Waals surface area contributed by atoms with E-state index in [1.165, 1.54) is 16.8 Å². The van der Waals surface area contributed by atoms with Crippen LogP contribution in [-0.4, -0.2) is 15.6 Å². The van der Waals surface area contributed by atoms with Crippen LogP contribution in [0.3, 0.4) is 0 Å². The highest BCUT2D eigenvalue weighted by Crippen LogP contribution is 2.26. The Balaban J connectivity index is 1.53. The predicted molar refractivity (Wildman–Crippen MR) is 121 cm³/mol. The molecule has 7 heteroatoms. The van der Waals surface area contributed by atoms with Gasteiger partial charge in [-0.1, -0.05) is 48.5 Å². The summed E-state index contributed by atoms with van der Waals surface area (Å²) in [7, 11) is 0. The fourth-order valence-corrected chi connectivity index (χ4v) is 3.18. The average Bonchev–Trinajstić information content (AvgIpc) is 2.79. The van der Waals surface area contributed by atoms with E-state index >= 15 is 0 Å². The molecule has 0 bridgehead atoms. The number of H-pyrrole nitrogens is 1. The molecule has 0 radical (unpaired) electrons. The summed E-state index contributed by atoms with van der Waals surface area (Å²) in [5, 5.41) is 2.92. The first-order chi connectivity index (χ1) is 15.1. The number of hydrogen-bond acceptors (Lipinski definition) is 3. The average molecular weight is 412 g/mol. The minimum absolute atomic E-state index is 0.290. The number of carbonyl (C=O) groups is 1. The Kier molecular flexibility index (Phi) is 5.75. The molecule has 31 heavy (non-hydrogen) atoms. The summed E-state index contributed by atoms with van der Waals surface area (Å²) in [6.07, 6.45) is 1.45. The molecule has 1 heterocycles. The molecule has 154 valence electrons. The second-order valence-electron chi connectivity index (χ2n) is 6.87. The van der Waals surface area contributed by atoms with Gasteiger partial charge in [-0.3, -0.25) is 19.2 Å². The van der Waals surface area contributed by atoms with Crippen molar-refractivity contribution in [1.29, 1.82) is 0 Å². The van der Waals surface area contributed by atoms with Crippen molar-refractivity contribution in [3.8, 4) is 0 Å². The Morgan fingerprint density at radius 3 is 1.94 bits per heavy atom. The quantitative estimate of drug-likeness (QED) is 0.520. The Hall–Kier alpha value is -4.39. The maximum atomic E-state index is 13.1. The molecule has 0 unspecified atom stereocenters. The molecule has 2 N–H and O–H groups in total. The van der Waals surface area contributed by atoms with Crippen LogP contribution in [0.15, 0.2) is 107 Å². The molecule has 0 saturated heterocycles. The number of nitrogens with zero attached hydrogens (tertiary/aromatic N) is 2. The van der Waals surface area contributed by atoms with Gasteiger partial charge in [0.15, 0.2) is 0 Å². The molecule has 0 atom stereocenters. The number of hydrogen-bond donors (Lipinski definition) is 2. The number of para-hydroxylation sites is 2. The van der Waals surface area contributed by atoms with Crippen molar-refractivity contribution in [2.24, 2.45) is 0 Å². The summed E-state index contributed by atoms with van der Waals surface area (Å²) in [6, 6.07) is 27.0. The predicted octanol–water partition coefficient (Wildman–Crippen LogP) is 3.96. The number of urea groups is 1. The van der Waals surface area contributed by atoms with Crippen molar-refractivity contribution >= 4 is 23.1 Å². The molecule has 1 aromatic heterocycles. The number of nitrogens with one attached hydrogen (secondary N) is 2. The van der Waals surface area contributed by atoms with Crippen LogP contribution < -0.4 is 21.5 Å². The zero-order valence-electron chi connectivity index (χ0n) is 16.6. The summed E-state index contributed by atoms with van der Waals surface area (Å²) in [5.41, 5.74) is 2.09. The highest BCUT2D eigenvalue weighted by atomic mass is 16.2. The van der Waals surface area contributed by atoms with E-state index in [9.17, 15) is 14.4 Å². The van der Waals surface area contributed by atoms with Crippen molar-refractivity contribution in [3.63, 3.8) is 0 Å². The van der Waals surface area contributed by atoms with Crippen molar-refractivity contribution in [3.05, 3.63) is 124 Å². The van der Waals surface area contributed by atoms with E-state index in [1.54, 1.807) is 17.0 Å². The van der Waals surface area contributed by atoms with Gasteiger partial charge in [0.2, 0.25) is 0 Å². The Morgan fingerprint density at radius 1 is 0.806 bits per heavy atom. The second kappa shape index (κ2) is 8.96. The van der Waals surface area contributed by atoms with Crippen LogP contribution in [-0.2, 0) is 6.54 Å². The van der Waals surface area contributed by atoms with Crippen LogP contribution in [0, 0.1) is 0 Å². The van der Waals surface area contributed by atoms with Gasteiger partial charge in [-0.25, -0.2) is 9.59 Å². The molecule has 4 rings (SSSR count). The Bertz CT molecular complexity index is 1240. The van der Waals surface area contributed by atoms with Gasteiger partial charge in [-0.05, 0) is 42.0 Å². The van der Waals surface area contributed by atoms with E-state index in [0.29, 0.717) is 12.2 Å². The van der Waals surface area contributed by atoms with Crippen LogP contribution in [0.1, 0.15) is 5.56 Å². The number of anilines is 3. The lowest BCUT2D eigenvalue weighted by Gasteiger charge is -2.23. The van der Waals surface area contributed by atoms with Gasteiger partial charge in [0.05, 0.1) is 17.9 Å². The maximum absolute atomic E-state index is 13.1. The SMILES string of the molecule is O=C(Nc1ccc(Cn2ccc(=O)[nH]c2=O)cc1)N(c1ccccc1)c1ccccc1. The molecule has 0 fully saturated rings. The number of aromatic nitrogens is 2. The molecular weight excluding hydrogens is 392 g/mol. The van der Waals surface area contributed by atoms with E-state index < -0.39 is 11.2 Å². The highest BCUT2D eigenvalue weighted by molar-refractivity contribution is 6.07. The third kappa shape index (κ3) is 4.79. The summed E-state index contributed by atoms with van der Waals surface area (Å²) in [5.74, 6) is 0. The molecule has 0 spiro atoms. The lowest BCUT2D eigenvalue weighted by molar-refractivity contribution is 0.259. The summed E-state index contributed by atoms with van der Waals surface area (Å²) < 4.78 is 1.40. The summed E-state index contributed by atoms with van der Waals surface area (Å²) in [4.78, 5) is 40.0. The van der Waals surface area contributed by atoms with Gasteiger partial charge < -0.3 is 5.32 Å². The van der Waals surface area contributed by atoms with Crippen LogP contribution in [0.25, 0.3) is 0 Å². The minimum atomic E-state index is -0.466. The highest BCUT2D eigenvalue weighted by Gasteiger charge is 2.17. The first kappa shape index (κ1) is 19.9. The van der Waals surface area contributed by atoms with Crippen LogP contribution in [0.2, 0.25) is 0 Å². The standard InChI is InChI=1S/C24H20N4O3/c29-22-15-16-27(23(30)26-22)17-18-11-13-19(14-12-18)25-24(31)28(20-7-3-1-4-8-20)21-9-5-2-6-10-21/h1-16H,17H2,(H,25,31)(H,26,29,30). The molecule has 4 aromatic rings. The molecule has 0 aliphatic heterocycles. The van der Waals surface area contributed by atoms with E-state index in [0.717, 1.165) is 16.9 Å². The van der Waals surface area contributed by atoms with E-state index in [4.69, 9.17) is 0 Å². The van der Waals surface area contributed by atoms with Crippen LogP contribution in [0.5, 0.6) is 0 Å². The number of carbonyl (C=O) groups excluding carboxylic acids is 1. The number of benzene rings is 3. The van der Waals surface area contributed by atoms with Crippen molar-refractivity contribution in [1.82, 2.24) is 9.55 Å². The zero-order chi connectivity index (χ0) is 21.6. The molecule has 3 aromatic carbocycles. The minimum Gasteiger partial charge on any atom is -0.307 e. The van der Waals surface area contributed by atoms with Crippen LogP contribution >= 0.6 is 0 Å². The molecular formula is C24H20N4O3. The van der Waals surface area contributed by atoms with E-state index in [1.807, 2.05) is 72.8 Å². The third-order valence-electron chi connectivity index (χ3n) is 4.69. The normalized spacial score (nSPS) is 10.5. The van der Waals surface area contributed by atoms with Crippen molar-refractivity contribution < 1.29 is 4.79 Å². The molecule has 0 aliphatic rings. The molecule has 2 amide bonds. The van der Waals surface area contributed by atoms with Gasteiger partial charge >= 0.3 is 11.7 Å². The number of aromatic amines is 1. The maximum Gasteiger partial charge on any atom is 0.330 e. The second-order valence-corrected chi connectivity index (χ2v) is 6.87. The van der Waals surface area contributed by atoms with Gasteiger partial charge in [0, 0.05) is 18.0 Å². The molecule has 0 saturated carbocycles. The van der Waals surface area contributed by atoms with Gasteiger partial charge in [0.25, 0.3) is 5.56 Å². The summed E-state index contributed by atoms with van der Waals surface area (Å²) >= 11 is 0. The molecule has 7 nitrogen and oxygen atoms in total. The lowest BCUT2D eigenvalue weighted by Crippen LogP contribution is -2.30. The third-order valence-corrected chi connectivity index (χ3v) is 4.69. The van der Waals surface area contributed by atoms with Gasteiger partial charge in [-0.2, -0.15) is 0 Å². The van der Waals surface area contributed by atoms with E-state index in [2.05, 4.69) is 10.3 Å². The topological polar surface area (TPSA) is 87.2 Å². The van der Waals surface area contributed by atoms with Crippen molar-refractivity contribution in [2.45, 2.75) is 6.54 Å². The number of amides is 2. The Morgan fingerprint density at radius 2 is 1.39 bits per heavy atom. The fraction of sp³-hybridized carbons (Fsp3) is 0.0417. The van der Waals surface area contributed by atoms with Crippen LogP contribution in [0.4, 0.5) is 21.9 Å². The monoisotopic (exact) mass is 412 g/mol. The van der Waals surface area contributed by atoms with Gasteiger partial charge in [-0.15, -0.1) is 0 Å². The first-order valence-corrected chi connectivity index (χ1v) is 9.70. The number of rotatable bonds is 5. The fourth-order valence-electron chi connectivity index (χ4n) is 3.18. The largest absolute Gasteiger partial charge is 0.330 e. The molecule has 0 aliphatic carbocycles. The summed E-state index contributed by atoms with van der Waals surface area (Å²) in [6.45, 7) is 0.310. The smallest absolute Gasteiger partial charge is 0.307 e. The van der Waals surface area contributed by atoms with E-state index in [-0.39, 0.29) is 6.03 Å². The first-order valence-electron chi connectivity index (χ1n) is 9.70. The Labute approximate surface area is 178 Å². The lowest BCUT2D eigenvalue weighted by atomic mass is 10.2. The van der Waals surface area contributed by atoms with Gasteiger partial charge in [0.1, 0.15) is 0 Å². The zero-order valence-corrected chi connectivity index (χ0v) is 16.6. The van der Waals surface area contributed by atoms with Crippen molar-refractivity contribution in [2.75, 3.05) is 10.2 Å².